The van der Waals surface area contributed by atoms with Gasteiger partial charge in [0.1, 0.15) is 12.4 Å². The molecule has 1 aliphatic heterocycles. The van der Waals surface area contributed by atoms with Crippen molar-refractivity contribution in [3.05, 3.63) is 28.8 Å². The largest absolute Gasteiger partial charge is 0.491 e. The van der Waals surface area contributed by atoms with Crippen molar-refractivity contribution < 1.29 is 9.53 Å². The second-order valence-electron chi connectivity index (χ2n) is 4.54. The Bertz CT molecular complexity index is 465. The van der Waals surface area contributed by atoms with Gasteiger partial charge in [-0.15, -0.1) is 0 Å². The molecule has 0 aromatic heterocycles. The van der Waals surface area contributed by atoms with Gasteiger partial charge < -0.3 is 20.7 Å². The molecule has 0 bridgehead atoms. The van der Waals surface area contributed by atoms with Crippen LogP contribution in [0.25, 0.3) is 0 Å². The lowest BCUT2D eigenvalue weighted by molar-refractivity contribution is 0.202. The standard InChI is InChI=1S/C13H18ClN3O2/c1-9(15)11-8-10(14)2-3-12(11)19-7-6-17-5-4-16-13(17)18/h2-3,8-9H,4-7,15H2,1H3,(H,16,18). The van der Waals surface area contributed by atoms with Gasteiger partial charge in [-0.2, -0.15) is 0 Å². The topological polar surface area (TPSA) is 67.6 Å². The number of nitrogens with one attached hydrogen (secondary N) is 1. The SMILES string of the molecule is CC(N)c1cc(Cl)ccc1OCCN1CCNC1=O. The van der Waals surface area contributed by atoms with Crippen molar-refractivity contribution >= 4 is 17.6 Å². The van der Waals surface area contributed by atoms with Gasteiger partial charge in [0.2, 0.25) is 0 Å². The van der Waals surface area contributed by atoms with Crippen LogP contribution in [0.2, 0.25) is 5.02 Å². The molecule has 2 rings (SSSR count). The Balaban J connectivity index is 1.93. The first-order chi connectivity index (χ1) is 9.08. The minimum Gasteiger partial charge on any atom is -0.491 e. The maximum absolute atomic E-state index is 11.4. The molecular formula is C13H18ClN3O2. The van der Waals surface area contributed by atoms with Crippen molar-refractivity contribution in [1.29, 1.82) is 0 Å². The monoisotopic (exact) mass is 283 g/mol. The van der Waals surface area contributed by atoms with Crippen LogP contribution in [0.1, 0.15) is 18.5 Å². The molecule has 0 spiro atoms. The van der Waals surface area contributed by atoms with Crippen LogP contribution in [0.3, 0.4) is 0 Å². The molecule has 0 radical (unpaired) electrons. The van der Waals surface area contributed by atoms with Crippen molar-refractivity contribution in [3.63, 3.8) is 0 Å². The Morgan fingerprint density at radius 1 is 1.58 bits per heavy atom. The lowest BCUT2D eigenvalue weighted by atomic mass is 10.1. The fraction of sp³-hybridized carbons (Fsp3) is 0.462. The third-order valence-electron chi connectivity index (χ3n) is 3.03. The smallest absolute Gasteiger partial charge is 0.317 e. The highest BCUT2D eigenvalue weighted by atomic mass is 35.5. The highest BCUT2D eigenvalue weighted by Gasteiger charge is 2.19. The first-order valence-electron chi connectivity index (χ1n) is 6.28. The Kier molecular flexibility index (Phi) is 4.50. The van der Waals surface area contributed by atoms with E-state index in [1.807, 2.05) is 19.1 Å². The molecule has 0 aliphatic carbocycles. The van der Waals surface area contributed by atoms with Gasteiger partial charge in [0.15, 0.2) is 0 Å². The molecule has 1 aliphatic rings. The lowest BCUT2D eigenvalue weighted by Gasteiger charge is -2.17. The quantitative estimate of drug-likeness (QED) is 0.865. The first-order valence-corrected chi connectivity index (χ1v) is 6.66. The summed E-state index contributed by atoms with van der Waals surface area (Å²) in [7, 11) is 0. The molecule has 1 atom stereocenters. The van der Waals surface area contributed by atoms with Crippen molar-refractivity contribution in [1.82, 2.24) is 10.2 Å². The van der Waals surface area contributed by atoms with Gasteiger partial charge in [-0.1, -0.05) is 11.6 Å². The van der Waals surface area contributed by atoms with E-state index < -0.39 is 0 Å². The van der Waals surface area contributed by atoms with Crippen LogP contribution in [-0.4, -0.2) is 37.2 Å². The molecule has 1 heterocycles. The van der Waals surface area contributed by atoms with Gasteiger partial charge in [-0.05, 0) is 25.1 Å². The molecule has 3 N–H and O–H groups in total. The van der Waals surface area contributed by atoms with Gasteiger partial charge in [-0.25, -0.2) is 4.79 Å². The van der Waals surface area contributed by atoms with Crippen molar-refractivity contribution in [3.8, 4) is 5.75 Å². The van der Waals surface area contributed by atoms with Crippen LogP contribution in [-0.2, 0) is 0 Å². The van der Waals surface area contributed by atoms with Crippen LogP contribution < -0.4 is 15.8 Å². The van der Waals surface area contributed by atoms with Crippen LogP contribution in [0.15, 0.2) is 18.2 Å². The number of benzene rings is 1. The zero-order valence-corrected chi connectivity index (χ0v) is 11.6. The van der Waals surface area contributed by atoms with Crippen molar-refractivity contribution in [2.75, 3.05) is 26.2 Å². The number of urea groups is 1. The van der Waals surface area contributed by atoms with Gasteiger partial charge in [0.25, 0.3) is 0 Å². The zero-order chi connectivity index (χ0) is 13.8. The Labute approximate surface area is 117 Å². The summed E-state index contributed by atoms with van der Waals surface area (Å²) in [5.74, 6) is 0.721. The van der Waals surface area contributed by atoms with E-state index in [0.29, 0.717) is 24.7 Å². The summed E-state index contributed by atoms with van der Waals surface area (Å²) in [5.41, 5.74) is 6.76. The summed E-state index contributed by atoms with van der Waals surface area (Å²) in [4.78, 5) is 13.1. The number of hydrogen-bond donors (Lipinski definition) is 2. The molecule has 0 saturated carbocycles. The minimum absolute atomic E-state index is 0.0351. The van der Waals surface area contributed by atoms with Gasteiger partial charge >= 0.3 is 6.03 Å². The summed E-state index contributed by atoms with van der Waals surface area (Å²) in [5, 5.41) is 3.39. The number of rotatable bonds is 5. The molecule has 1 saturated heterocycles. The highest BCUT2D eigenvalue weighted by Crippen LogP contribution is 2.27. The number of amides is 2. The van der Waals surface area contributed by atoms with E-state index in [0.717, 1.165) is 17.9 Å². The molecule has 104 valence electrons. The fourth-order valence-corrected chi connectivity index (χ4v) is 2.18. The molecule has 1 aromatic rings. The van der Waals surface area contributed by atoms with E-state index in [-0.39, 0.29) is 12.1 Å². The maximum atomic E-state index is 11.4. The predicted molar refractivity (Wildman–Crippen MR) is 74.5 cm³/mol. The number of carbonyl (C=O) groups is 1. The van der Waals surface area contributed by atoms with E-state index in [4.69, 9.17) is 22.1 Å². The number of hydrogen-bond acceptors (Lipinski definition) is 3. The number of nitrogens with two attached hydrogens (primary N) is 1. The molecule has 1 fully saturated rings. The molecular weight excluding hydrogens is 266 g/mol. The van der Waals surface area contributed by atoms with Crippen LogP contribution >= 0.6 is 11.6 Å². The Morgan fingerprint density at radius 3 is 3.00 bits per heavy atom. The van der Waals surface area contributed by atoms with Crippen LogP contribution in [0.4, 0.5) is 4.79 Å². The van der Waals surface area contributed by atoms with E-state index in [2.05, 4.69) is 5.32 Å². The van der Waals surface area contributed by atoms with E-state index in [1.54, 1.807) is 11.0 Å². The minimum atomic E-state index is -0.149. The summed E-state index contributed by atoms with van der Waals surface area (Å²) in [6, 6.07) is 5.21. The normalized spacial score (nSPS) is 16.4. The van der Waals surface area contributed by atoms with E-state index in [9.17, 15) is 4.79 Å². The summed E-state index contributed by atoms with van der Waals surface area (Å²) < 4.78 is 5.70. The molecule has 1 unspecified atom stereocenters. The Hall–Kier alpha value is -1.46. The predicted octanol–water partition coefficient (Wildman–Crippen LogP) is 1.76. The average molecular weight is 284 g/mol. The zero-order valence-electron chi connectivity index (χ0n) is 10.9. The molecule has 2 amide bonds. The fourth-order valence-electron chi connectivity index (χ4n) is 2.00. The van der Waals surface area contributed by atoms with Crippen molar-refractivity contribution in [2.24, 2.45) is 5.73 Å². The van der Waals surface area contributed by atoms with Gasteiger partial charge in [0, 0.05) is 29.7 Å². The van der Waals surface area contributed by atoms with E-state index >= 15 is 0 Å². The average Bonchev–Trinajstić information content (AvgIpc) is 2.77. The number of carbonyl (C=O) groups excluding carboxylic acids is 1. The van der Waals surface area contributed by atoms with E-state index in [1.165, 1.54) is 0 Å². The molecule has 1 aromatic carbocycles. The second kappa shape index (κ2) is 6.12. The third-order valence-corrected chi connectivity index (χ3v) is 3.26. The highest BCUT2D eigenvalue weighted by molar-refractivity contribution is 6.30. The second-order valence-corrected chi connectivity index (χ2v) is 4.97. The lowest BCUT2D eigenvalue weighted by Crippen LogP contribution is -2.32. The number of ether oxygens (including phenoxy) is 1. The summed E-state index contributed by atoms with van der Waals surface area (Å²) in [6.45, 7) is 4.31. The number of halogens is 1. The maximum Gasteiger partial charge on any atom is 0.317 e. The van der Waals surface area contributed by atoms with Crippen molar-refractivity contribution in [2.45, 2.75) is 13.0 Å². The van der Waals surface area contributed by atoms with Crippen LogP contribution in [0, 0.1) is 0 Å². The molecule has 6 heteroatoms. The summed E-state index contributed by atoms with van der Waals surface area (Å²) in [6.07, 6.45) is 0. The van der Waals surface area contributed by atoms with Crippen LogP contribution in [0.5, 0.6) is 5.75 Å². The first kappa shape index (κ1) is 14.0. The Morgan fingerprint density at radius 2 is 2.37 bits per heavy atom. The number of nitrogens with zero attached hydrogens (tertiary/aromatic N) is 1. The molecule has 19 heavy (non-hydrogen) atoms. The van der Waals surface area contributed by atoms with Gasteiger partial charge in [0.05, 0.1) is 6.54 Å². The summed E-state index contributed by atoms with van der Waals surface area (Å²) >= 11 is 5.95. The molecule has 5 nitrogen and oxygen atoms in total. The van der Waals surface area contributed by atoms with Gasteiger partial charge in [-0.3, -0.25) is 0 Å². The third kappa shape index (κ3) is 3.52.